The highest BCUT2D eigenvalue weighted by Crippen LogP contribution is 2.23. The van der Waals surface area contributed by atoms with Crippen LogP contribution < -0.4 is 4.57 Å². The second-order valence-electron chi connectivity index (χ2n) is 5.74. The van der Waals surface area contributed by atoms with Crippen LogP contribution in [0.15, 0.2) is 61.2 Å². The van der Waals surface area contributed by atoms with Crippen molar-refractivity contribution in [1.29, 1.82) is 0 Å². The fourth-order valence-corrected chi connectivity index (χ4v) is 2.87. The van der Waals surface area contributed by atoms with Crippen LogP contribution in [0.1, 0.15) is 20.7 Å². The number of Topliss-reactive ketones (excluding diaryl/α,β-unsaturated/α-hetero) is 2. The predicted molar refractivity (Wildman–Crippen MR) is 101 cm³/mol. The van der Waals surface area contributed by atoms with Gasteiger partial charge >= 0.3 is 0 Å². The summed E-state index contributed by atoms with van der Waals surface area (Å²) in [4.78, 5) is 24.6. The van der Waals surface area contributed by atoms with Gasteiger partial charge in [0.15, 0.2) is 13.1 Å². The lowest BCUT2D eigenvalue weighted by Crippen LogP contribution is -2.36. The first-order chi connectivity index (χ1) is 12.4. The standard InChI is InChI=1S/C19H14Cl3N2O2/c20-15-4-1-13(2-5-15)18(25)10-23-7-8-24(12-23)11-19(26)14-3-6-16(21)17(22)9-14/h1-9,12H,10-11H2/q+1. The van der Waals surface area contributed by atoms with E-state index >= 15 is 0 Å². The zero-order chi connectivity index (χ0) is 18.7. The summed E-state index contributed by atoms with van der Waals surface area (Å²) in [5.41, 5.74) is 1.07. The number of carbonyl (C=O) groups is 2. The molecule has 0 saturated carbocycles. The maximum atomic E-state index is 12.4. The fraction of sp³-hybridized carbons (Fsp3) is 0.105. The monoisotopic (exact) mass is 407 g/mol. The molecule has 0 bridgehead atoms. The largest absolute Gasteiger partial charge is 0.290 e. The third-order valence-corrected chi connectivity index (χ3v) is 4.80. The van der Waals surface area contributed by atoms with Crippen LogP contribution in [0.3, 0.4) is 0 Å². The van der Waals surface area contributed by atoms with Crippen LogP contribution in [0.2, 0.25) is 15.1 Å². The van der Waals surface area contributed by atoms with E-state index < -0.39 is 0 Å². The molecule has 0 amide bonds. The van der Waals surface area contributed by atoms with Crippen molar-refractivity contribution in [2.75, 3.05) is 0 Å². The second kappa shape index (κ2) is 8.04. The van der Waals surface area contributed by atoms with E-state index in [1.54, 1.807) is 70.3 Å². The maximum absolute atomic E-state index is 12.4. The molecule has 0 aliphatic heterocycles. The van der Waals surface area contributed by atoms with Gasteiger partial charge in [0.1, 0.15) is 12.4 Å². The van der Waals surface area contributed by atoms with Crippen molar-refractivity contribution in [3.8, 4) is 0 Å². The number of imidazole rings is 1. The molecule has 0 saturated heterocycles. The minimum Gasteiger partial charge on any atom is -0.290 e. The van der Waals surface area contributed by atoms with Crippen molar-refractivity contribution in [2.24, 2.45) is 0 Å². The summed E-state index contributed by atoms with van der Waals surface area (Å²) in [5.74, 6) is -0.143. The number of hydrogen-bond donors (Lipinski definition) is 0. The summed E-state index contributed by atoms with van der Waals surface area (Å²) < 4.78 is 3.43. The highest BCUT2D eigenvalue weighted by molar-refractivity contribution is 6.42. The molecule has 7 heteroatoms. The molecule has 132 valence electrons. The third-order valence-electron chi connectivity index (χ3n) is 3.81. The van der Waals surface area contributed by atoms with E-state index in [2.05, 4.69) is 0 Å². The SMILES string of the molecule is O=C(Cn1cc[n+](CC(=O)c2ccc(Cl)cc2)c1)c1ccc(Cl)c(Cl)c1. The molecule has 0 fully saturated rings. The average Bonchev–Trinajstić information content (AvgIpc) is 3.04. The van der Waals surface area contributed by atoms with Crippen LogP contribution in [-0.2, 0) is 13.1 Å². The molecule has 0 N–H and O–H groups in total. The van der Waals surface area contributed by atoms with Crippen LogP contribution in [0.25, 0.3) is 0 Å². The quantitative estimate of drug-likeness (QED) is 0.445. The summed E-state index contributed by atoms with van der Waals surface area (Å²) in [6.45, 7) is 0.315. The first-order valence-corrected chi connectivity index (χ1v) is 8.87. The molecule has 0 radical (unpaired) electrons. The Hall–Kier alpha value is -2.14. The Balaban J connectivity index is 1.65. The highest BCUT2D eigenvalue weighted by atomic mass is 35.5. The van der Waals surface area contributed by atoms with E-state index in [1.807, 2.05) is 0 Å². The normalized spacial score (nSPS) is 10.7. The van der Waals surface area contributed by atoms with Crippen molar-refractivity contribution >= 4 is 46.4 Å². The van der Waals surface area contributed by atoms with Gasteiger partial charge in [0.05, 0.1) is 10.0 Å². The first kappa shape index (κ1) is 18.6. The van der Waals surface area contributed by atoms with Crippen LogP contribution in [0, 0.1) is 0 Å². The van der Waals surface area contributed by atoms with E-state index in [4.69, 9.17) is 34.8 Å². The molecule has 0 unspecified atom stereocenters. The molecule has 3 aromatic rings. The Labute approximate surface area is 165 Å². The number of benzene rings is 2. The highest BCUT2D eigenvalue weighted by Gasteiger charge is 2.15. The van der Waals surface area contributed by atoms with Gasteiger partial charge in [-0.15, -0.1) is 0 Å². The summed E-state index contributed by atoms with van der Waals surface area (Å²) in [7, 11) is 0. The molecule has 1 aromatic heterocycles. The molecule has 2 aromatic carbocycles. The van der Waals surface area contributed by atoms with E-state index in [-0.39, 0.29) is 24.7 Å². The molecule has 1 heterocycles. The van der Waals surface area contributed by atoms with Gasteiger partial charge in [0.2, 0.25) is 17.9 Å². The lowest BCUT2D eigenvalue weighted by atomic mass is 10.1. The number of nitrogens with zero attached hydrogens (tertiary/aromatic N) is 2. The van der Waals surface area contributed by atoms with Gasteiger partial charge in [0.25, 0.3) is 0 Å². The van der Waals surface area contributed by atoms with Gasteiger partial charge in [-0.3, -0.25) is 9.59 Å². The number of ketones is 2. The van der Waals surface area contributed by atoms with Crippen LogP contribution in [0.5, 0.6) is 0 Å². The minimum atomic E-state index is -0.102. The maximum Gasteiger partial charge on any atom is 0.244 e. The van der Waals surface area contributed by atoms with Crippen molar-refractivity contribution in [2.45, 2.75) is 13.1 Å². The molecular formula is C19H14Cl3N2O2+. The molecular weight excluding hydrogens is 395 g/mol. The number of aromatic nitrogens is 2. The Morgan fingerprint density at radius 2 is 1.58 bits per heavy atom. The van der Waals surface area contributed by atoms with Gasteiger partial charge in [-0.25, -0.2) is 9.13 Å². The van der Waals surface area contributed by atoms with E-state index in [1.165, 1.54) is 0 Å². The average molecular weight is 409 g/mol. The van der Waals surface area contributed by atoms with Gasteiger partial charge in [-0.2, -0.15) is 0 Å². The Kier molecular flexibility index (Phi) is 5.77. The lowest BCUT2D eigenvalue weighted by molar-refractivity contribution is -0.682. The van der Waals surface area contributed by atoms with Crippen LogP contribution in [-0.4, -0.2) is 16.1 Å². The third kappa shape index (κ3) is 4.52. The molecule has 3 rings (SSSR count). The van der Waals surface area contributed by atoms with Crippen molar-refractivity contribution in [3.63, 3.8) is 0 Å². The molecule has 0 aliphatic rings. The topological polar surface area (TPSA) is 43.0 Å². The first-order valence-electron chi connectivity index (χ1n) is 7.74. The number of hydrogen-bond acceptors (Lipinski definition) is 2. The predicted octanol–water partition coefficient (Wildman–Crippen LogP) is 4.50. The fourth-order valence-electron chi connectivity index (χ4n) is 2.45. The number of carbonyl (C=O) groups excluding carboxylic acids is 2. The van der Waals surface area contributed by atoms with Crippen molar-refractivity contribution in [1.82, 2.24) is 4.57 Å². The Morgan fingerprint density at radius 3 is 2.27 bits per heavy atom. The molecule has 26 heavy (non-hydrogen) atoms. The van der Waals surface area contributed by atoms with Crippen molar-refractivity contribution in [3.05, 3.63) is 87.4 Å². The second-order valence-corrected chi connectivity index (χ2v) is 6.99. The van der Waals surface area contributed by atoms with Crippen molar-refractivity contribution < 1.29 is 14.2 Å². The number of rotatable bonds is 6. The Morgan fingerprint density at radius 1 is 0.885 bits per heavy atom. The van der Waals surface area contributed by atoms with Gasteiger partial charge in [0, 0.05) is 16.1 Å². The van der Waals surface area contributed by atoms with Crippen LogP contribution >= 0.6 is 34.8 Å². The molecule has 0 atom stereocenters. The molecule has 4 nitrogen and oxygen atoms in total. The summed E-state index contributed by atoms with van der Waals surface area (Å²) in [6, 6.07) is 11.5. The lowest BCUT2D eigenvalue weighted by Gasteiger charge is -2.01. The zero-order valence-corrected chi connectivity index (χ0v) is 15.8. The van der Waals surface area contributed by atoms with E-state index in [0.717, 1.165) is 0 Å². The van der Waals surface area contributed by atoms with Crippen LogP contribution in [0.4, 0.5) is 0 Å². The summed E-state index contributed by atoms with van der Waals surface area (Å²) in [6.07, 6.45) is 5.20. The van der Waals surface area contributed by atoms with E-state index in [9.17, 15) is 9.59 Å². The van der Waals surface area contributed by atoms with Gasteiger partial charge in [-0.05, 0) is 42.5 Å². The summed E-state index contributed by atoms with van der Waals surface area (Å²) in [5, 5.41) is 1.33. The molecule has 0 aliphatic carbocycles. The minimum absolute atomic E-state index is 0.0415. The smallest absolute Gasteiger partial charge is 0.244 e. The van der Waals surface area contributed by atoms with Gasteiger partial charge < -0.3 is 0 Å². The number of halogens is 3. The molecule has 0 spiro atoms. The van der Waals surface area contributed by atoms with E-state index in [0.29, 0.717) is 26.2 Å². The summed E-state index contributed by atoms with van der Waals surface area (Å²) >= 11 is 17.6. The zero-order valence-electron chi connectivity index (χ0n) is 13.5. The van der Waals surface area contributed by atoms with Gasteiger partial charge in [-0.1, -0.05) is 34.8 Å². The Bertz CT molecular complexity index is 965.